The first-order valence-electron chi connectivity index (χ1n) is 2.84. The topological polar surface area (TPSA) is 17.1 Å². The van der Waals surface area contributed by atoms with Crippen molar-refractivity contribution in [3.8, 4) is 0 Å². The van der Waals surface area contributed by atoms with E-state index >= 15 is 0 Å². The Balaban J connectivity index is 3.46. The van der Waals surface area contributed by atoms with E-state index in [0.717, 1.165) is 0 Å². The van der Waals surface area contributed by atoms with Crippen molar-refractivity contribution in [1.82, 2.24) is 0 Å². The summed E-state index contributed by atoms with van der Waals surface area (Å²) < 4.78 is 2.97. The Morgan fingerprint density at radius 1 is 0.643 bits per heavy atom. The van der Waals surface area contributed by atoms with Crippen LogP contribution in [0.15, 0.2) is 0 Å². The highest BCUT2D eigenvalue weighted by atomic mass is 35.6. The van der Waals surface area contributed by atoms with Crippen molar-refractivity contribution in [2.24, 2.45) is 0 Å². The van der Waals surface area contributed by atoms with Gasteiger partial charge in [0.2, 0.25) is 7.33 Å². The van der Waals surface area contributed by atoms with Crippen LogP contribution in [0.1, 0.15) is 0 Å². The lowest BCUT2D eigenvalue weighted by atomic mass is 10.3. The molecule has 1 aliphatic heterocycles. The van der Waals surface area contributed by atoms with Crippen molar-refractivity contribution in [2.45, 2.75) is 16.0 Å². The molecule has 0 spiro atoms. The van der Waals surface area contributed by atoms with Crippen molar-refractivity contribution in [3.05, 3.63) is 0 Å². The summed E-state index contributed by atoms with van der Waals surface area (Å²) in [5.74, 6) is 0. The fourth-order valence-corrected chi connectivity index (χ4v) is 6.30. The average Bonchev–Trinajstić information content (AvgIpc) is 2.05. The van der Waals surface area contributed by atoms with Crippen molar-refractivity contribution >= 4 is 104 Å². The number of alkyl halides is 8. The van der Waals surface area contributed by atoms with Crippen LogP contribution in [0.3, 0.4) is 0 Å². The maximum Gasteiger partial charge on any atom is 0.230 e. The summed E-state index contributed by atoms with van der Waals surface area (Å²) in [5.41, 5.74) is 0. The van der Waals surface area contributed by atoms with E-state index in [9.17, 15) is 4.21 Å². The molecule has 0 aliphatic carbocycles. The van der Waals surface area contributed by atoms with Crippen molar-refractivity contribution < 1.29 is 4.21 Å². The van der Waals surface area contributed by atoms with Crippen molar-refractivity contribution in [1.29, 1.82) is 0 Å². The van der Waals surface area contributed by atoms with Crippen molar-refractivity contribution in [3.63, 3.8) is 0 Å². The van der Waals surface area contributed by atoms with E-state index in [1.807, 2.05) is 0 Å². The summed E-state index contributed by atoms with van der Waals surface area (Å²) >= 11 is 45.4. The minimum atomic E-state index is -2.25. The monoisotopic (exact) mass is 376 g/mol. The van der Waals surface area contributed by atoms with Crippen LogP contribution >= 0.6 is 92.8 Å². The zero-order valence-electron chi connectivity index (χ0n) is 5.84. The zero-order chi connectivity index (χ0) is 11.6. The van der Waals surface area contributed by atoms with Crippen LogP contribution in [0.2, 0.25) is 0 Å². The van der Waals surface area contributed by atoms with Gasteiger partial charge in [0.25, 0.3) is 0 Å². The fraction of sp³-hybridized carbons (Fsp3) is 1.00. The molecule has 0 N–H and O–H groups in total. The van der Waals surface area contributed by atoms with Gasteiger partial charge in [-0.3, -0.25) is 4.21 Å². The molecule has 0 bridgehead atoms. The third kappa shape index (κ3) is 1.53. The van der Waals surface area contributed by atoms with Gasteiger partial charge in [-0.1, -0.05) is 92.8 Å². The molecule has 0 amide bonds. The molecule has 1 heterocycles. The van der Waals surface area contributed by atoms with E-state index in [-0.39, 0.29) is 0 Å². The van der Waals surface area contributed by atoms with E-state index in [0.29, 0.717) is 0 Å². The van der Waals surface area contributed by atoms with Crippen LogP contribution < -0.4 is 0 Å². The van der Waals surface area contributed by atoms with Gasteiger partial charge >= 0.3 is 0 Å². The quantitative estimate of drug-likeness (QED) is 0.572. The summed E-state index contributed by atoms with van der Waals surface area (Å²) in [7, 11) is -2.25. The zero-order valence-corrected chi connectivity index (χ0v) is 12.7. The SMILES string of the molecule is O=S1C(Cl)(Cl)C(Cl)(Cl)C(Cl)(Cl)C1(Cl)Cl. The Hall–Kier alpha value is 2.47. The van der Waals surface area contributed by atoms with Crippen LogP contribution in [-0.4, -0.2) is 20.2 Å². The molecular formula is C4Cl8OS. The molecule has 0 aromatic heterocycles. The highest BCUT2D eigenvalue weighted by Crippen LogP contribution is 2.70. The molecular weight excluding hydrogens is 380 g/mol. The van der Waals surface area contributed by atoms with Gasteiger partial charge in [0.1, 0.15) is 10.8 Å². The maximum atomic E-state index is 11.6. The second-order valence-corrected chi connectivity index (χ2v) is 10.4. The first-order valence-corrected chi connectivity index (χ1v) is 7.01. The second kappa shape index (κ2) is 3.73. The lowest BCUT2D eigenvalue weighted by Crippen LogP contribution is -2.46. The number of rotatable bonds is 0. The summed E-state index contributed by atoms with van der Waals surface area (Å²) in [6, 6.07) is 0. The molecule has 14 heavy (non-hydrogen) atoms. The summed E-state index contributed by atoms with van der Waals surface area (Å²) in [5, 5.41) is 0. The second-order valence-electron chi connectivity index (χ2n) is 2.45. The normalized spacial score (nSPS) is 33.1. The van der Waals surface area contributed by atoms with E-state index in [1.54, 1.807) is 0 Å². The molecule has 0 aromatic carbocycles. The molecule has 1 saturated heterocycles. The van der Waals surface area contributed by atoms with E-state index in [1.165, 1.54) is 0 Å². The Morgan fingerprint density at radius 3 is 0.929 bits per heavy atom. The van der Waals surface area contributed by atoms with Gasteiger partial charge in [0, 0.05) is 0 Å². The van der Waals surface area contributed by atoms with Crippen LogP contribution in [0, 0.1) is 0 Å². The summed E-state index contributed by atoms with van der Waals surface area (Å²) in [4.78, 5) is 0. The van der Waals surface area contributed by atoms with Crippen LogP contribution in [0.4, 0.5) is 0 Å². The van der Waals surface area contributed by atoms with Gasteiger partial charge in [-0.05, 0) is 0 Å². The Bertz CT molecular complexity index is 268. The Labute approximate surface area is 123 Å². The first kappa shape index (κ1) is 14.5. The van der Waals surface area contributed by atoms with Gasteiger partial charge in [0.15, 0.2) is 8.67 Å². The minimum Gasteiger partial charge on any atom is -0.253 e. The molecule has 10 heteroatoms. The number of halogens is 8. The van der Waals surface area contributed by atoms with Gasteiger partial charge in [-0.15, -0.1) is 0 Å². The van der Waals surface area contributed by atoms with Gasteiger partial charge < -0.3 is 0 Å². The largest absolute Gasteiger partial charge is 0.253 e. The smallest absolute Gasteiger partial charge is 0.230 e. The summed E-state index contributed by atoms with van der Waals surface area (Å²) in [6.07, 6.45) is 0. The van der Waals surface area contributed by atoms with Crippen LogP contribution in [0.5, 0.6) is 0 Å². The predicted octanol–water partition coefficient (Wildman–Crippen LogP) is 4.36. The summed E-state index contributed by atoms with van der Waals surface area (Å²) in [6.45, 7) is 0. The van der Waals surface area contributed by atoms with Crippen LogP contribution in [-0.2, 0) is 10.8 Å². The molecule has 1 nitrogen and oxygen atoms in total. The Kier molecular flexibility index (Phi) is 3.87. The Morgan fingerprint density at radius 2 is 0.857 bits per heavy atom. The van der Waals surface area contributed by atoms with Crippen molar-refractivity contribution in [2.75, 3.05) is 0 Å². The van der Waals surface area contributed by atoms with E-state index < -0.39 is 26.8 Å². The van der Waals surface area contributed by atoms with Gasteiger partial charge in [0.05, 0.1) is 0 Å². The first-order chi connectivity index (χ1) is 5.90. The minimum absolute atomic E-state index is 2.16. The van der Waals surface area contributed by atoms with E-state index in [2.05, 4.69) is 0 Å². The van der Waals surface area contributed by atoms with Crippen LogP contribution in [0.25, 0.3) is 0 Å². The molecule has 0 radical (unpaired) electrons. The molecule has 0 aromatic rings. The van der Waals surface area contributed by atoms with E-state index in [4.69, 9.17) is 92.8 Å². The number of hydrogen-bond acceptors (Lipinski definition) is 1. The standard InChI is InChI=1S/C4Cl8OS/c5-1(6)2(7,8)4(11,12)14(13)3(1,9)10. The highest BCUT2D eigenvalue weighted by Gasteiger charge is 2.81. The predicted molar refractivity (Wildman–Crippen MR) is 65.9 cm³/mol. The lowest BCUT2D eigenvalue weighted by molar-refractivity contribution is 0.680. The molecule has 1 rings (SSSR count). The van der Waals surface area contributed by atoms with Gasteiger partial charge in [-0.2, -0.15) is 0 Å². The number of hydrogen-bond donors (Lipinski definition) is 0. The molecule has 1 aliphatic rings. The molecule has 0 unspecified atom stereocenters. The third-order valence-corrected chi connectivity index (χ3v) is 9.83. The highest BCUT2D eigenvalue weighted by molar-refractivity contribution is 7.94. The molecule has 0 saturated carbocycles. The fourth-order valence-electron chi connectivity index (χ4n) is 0.759. The lowest BCUT2D eigenvalue weighted by Gasteiger charge is -2.31. The average molecular weight is 380 g/mol. The molecule has 1 fully saturated rings. The maximum absolute atomic E-state index is 11.6. The molecule has 84 valence electrons. The third-order valence-electron chi connectivity index (χ3n) is 1.59. The van der Waals surface area contributed by atoms with Gasteiger partial charge in [-0.25, -0.2) is 0 Å². The molecule has 0 atom stereocenters.